The second-order valence-electron chi connectivity index (χ2n) is 3.40. The van der Waals surface area contributed by atoms with Crippen molar-refractivity contribution in [3.05, 3.63) is 41.0 Å². The third kappa shape index (κ3) is 2.85. The van der Waals surface area contributed by atoms with Crippen LogP contribution in [-0.4, -0.2) is 15.8 Å². The molecule has 0 aliphatic heterocycles. The highest BCUT2D eigenvalue weighted by Crippen LogP contribution is 2.21. The Labute approximate surface area is 107 Å². The van der Waals surface area contributed by atoms with Crippen LogP contribution in [0.4, 0.5) is 16.3 Å². The van der Waals surface area contributed by atoms with Gasteiger partial charge < -0.3 is 5.32 Å². The lowest BCUT2D eigenvalue weighted by atomic mass is 10.3. The fourth-order valence-corrected chi connectivity index (χ4v) is 1.71. The van der Waals surface area contributed by atoms with E-state index in [1.165, 1.54) is 0 Å². The number of nitrogens with zero attached hydrogens (tertiary/aromatic N) is 2. The Bertz CT molecular complexity index is 538. The first kappa shape index (κ1) is 11.7. The molecule has 0 bridgehead atoms. The van der Waals surface area contributed by atoms with Crippen LogP contribution in [0.2, 0.25) is 0 Å². The van der Waals surface area contributed by atoms with Gasteiger partial charge in [-0.15, -0.1) is 0 Å². The number of para-hydroxylation sites is 1. The van der Waals surface area contributed by atoms with Crippen molar-refractivity contribution in [2.45, 2.75) is 0 Å². The minimum atomic E-state index is -0.305. The zero-order valence-corrected chi connectivity index (χ0v) is 10.7. The van der Waals surface area contributed by atoms with Crippen molar-refractivity contribution in [3.8, 4) is 0 Å². The molecule has 17 heavy (non-hydrogen) atoms. The maximum atomic E-state index is 11.7. The number of amides is 2. The standard InChI is InChI=1S/C11H11BrN4O/c1-16-10(6-7-13-16)15-11(17)14-9-5-3-2-4-8(9)12/h2-7H,1H3,(H2,14,15,17). The first-order valence-electron chi connectivity index (χ1n) is 4.97. The van der Waals surface area contributed by atoms with E-state index in [0.717, 1.165) is 4.47 Å². The van der Waals surface area contributed by atoms with Crippen molar-refractivity contribution in [2.24, 2.45) is 7.05 Å². The summed E-state index contributed by atoms with van der Waals surface area (Å²) >= 11 is 3.36. The fourth-order valence-electron chi connectivity index (χ4n) is 1.33. The van der Waals surface area contributed by atoms with Crippen molar-refractivity contribution in [2.75, 3.05) is 10.6 Å². The maximum absolute atomic E-state index is 11.7. The molecule has 0 fully saturated rings. The van der Waals surface area contributed by atoms with Crippen molar-refractivity contribution in [1.82, 2.24) is 9.78 Å². The molecule has 6 heteroatoms. The number of halogens is 1. The van der Waals surface area contributed by atoms with Gasteiger partial charge in [0.2, 0.25) is 0 Å². The number of aromatic nitrogens is 2. The highest BCUT2D eigenvalue weighted by atomic mass is 79.9. The summed E-state index contributed by atoms with van der Waals surface area (Å²) in [5.41, 5.74) is 0.715. The highest BCUT2D eigenvalue weighted by molar-refractivity contribution is 9.10. The number of rotatable bonds is 2. The predicted octanol–water partition coefficient (Wildman–Crippen LogP) is 2.83. The van der Waals surface area contributed by atoms with E-state index in [0.29, 0.717) is 11.5 Å². The first-order valence-corrected chi connectivity index (χ1v) is 5.76. The van der Waals surface area contributed by atoms with Crippen LogP contribution in [0.15, 0.2) is 41.0 Å². The van der Waals surface area contributed by atoms with Crippen LogP contribution in [0.3, 0.4) is 0 Å². The number of hydrogen-bond donors (Lipinski definition) is 2. The van der Waals surface area contributed by atoms with E-state index in [9.17, 15) is 4.79 Å². The average Bonchev–Trinajstić information content (AvgIpc) is 2.68. The molecule has 0 unspecified atom stereocenters. The van der Waals surface area contributed by atoms with Crippen molar-refractivity contribution >= 4 is 33.5 Å². The monoisotopic (exact) mass is 294 g/mol. The van der Waals surface area contributed by atoms with Crippen LogP contribution < -0.4 is 10.6 Å². The molecule has 88 valence electrons. The fraction of sp³-hybridized carbons (Fsp3) is 0.0909. The van der Waals surface area contributed by atoms with Gasteiger partial charge in [0, 0.05) is 17.6 Å². The minimum Gasteiger partial charge on any atom is -0.307 e. The average molecular weight is 295 g/mol. The lowest BCUT2D eigenvalue weighted by Gasteiger charge is -2.08. The zero-order chi connectivity index (χ0) is 12.3. The molecule has 2 rings (SSSR count). The number of carbonyl (C=O) groups is 1. The quantitative estimate of drug-likeness (QED) is 0.895. The Morgan fingerprint density at radius 3 is 2.71 bits per heavy atom. The second-order valence-corrected chi connectivity index (χ2v) is 4.25. The molecule has 5 nitrogen and oxygen atoms in total. The molecule has 1 aromatic carbocycles. The van der Waals surface area contributed by atoms with Crippen LogP contribution in [0.1, 0.15) is 0 Å². The van der Waals surface area contributed by atoms with Crippen LogP contribution in [0, 0.1) is 0 Å². The molecule has 2 N–H and O–H groups in total. The molecule has 2 amide bonds. The number of anilines is 2. The van der Waals surface area contributed by atoms with E-state index in [2.05, 4.69) is 31.7 Å². The van der Waals surface area contributed by atoms with Crippen molar-refractivity contribution in [1.29, 1.82) is 0 Å². The molecular formula is C11H11BrN4O. The van der Waals surface area contributed by atoms with E-state index in [1.54, 1.807) is 24.0 Å². The molecule has 0 saturated carbocycles. The van der Waals surface area contributed by atoms with Gasteiger partial charge in [-0.1, -0.05) is 12.1 Å². The molecule has 0 radical (unpaired) electrons. The largest absolute Gasteiger partial charge is 0.324 e. The SMILES string of the molecule is Cn1nccc1NC(=O)Nc1ccccc1Br. The van der Waals surface area contributed by atoms with Gasteiger partial charge in [-0.3, -0.25) is 10.00 Å². The van der Waals surface area contributed by atoms with E-state index < -0.39 is 0 Å². The van der Waals surface area contributed by atoms with Crippen molar-refractivity contribution in [3.63, 3.8) is 0 Å². The molecule has 1 aromatic heterocycles. The number of aryl methyl sites for hydroxylation is 1. The molecule has 1 heterocycles. The van der Waals surface area contributed by atoms with Crippen LogP contribution >= 0.6 is 15.9 Å². The van der Waals surface area contributed by atoms with E-state index >= 15 is 0 Å². The molecule has 0 spiro atoms. The first-order chi connectivity index (χ1) is 8.16. The Morgan fingerprint density at radius 1 is 1.29 bits per heavy atom. The molecule has 0 atom stereocenters. The molecule has 0 saturated heterocycles. The van der Waals surface area contributed by atoms with E-state index in [4.69, 9.17) is 0 Å². The highest BCUT2D eigenvalue weighted by Gasteiger charge is 2.06. The van der Waals surface area contributed by atoms with Gasteiger partial charge in [-0.05, 0) is 28.1 Å². The van der Waals surface area contributed by atoms with Crippen molar-refractivity contribution < 1.29 is 4.79 Å². The summed E-state index contributed by atoms with van der Waals surface area (Å²) in [6, 6.07) is 8.82. The Morgan fingerprint density at radius 2 is 2.06 bits per heavy atom. The van der Waals surface area contributed by atoms with Gasteiger partial charge in [0.25, 0.3) is 0 Å². The molecule has 0 aliphatic carbocycles. The summed E-state index contributed by atoms with van der Waals surface area (Å²) in [6.45, 7) is 0. The summed E-state index contributed by atoms with van der Waals surface area (Å²) in [5, 5.41) is 9.39. The molecule has 2 aromatic rings. The number of urea groups is 1. The Hall–Kier alpha value is -1.82. The van der Waals surface area contributed by atoms with Crippen LogP contribution in [0.25, 0.3) is 0 Å². The lowest BCUT2D eigenvalue weighted by molar-refractivity contribution is 0.262. The third-order valence-electron chi connectivity index (χ3n) is 2.18. The van der Waals surface area contributed by atoms with Crippen LogP contribution in [-0.2, 0) is 7.05 Å². The Balaban J connectivity index is 2.03. The number of hydrogen-bond acceptors (Lipinski definition) is 2. The summed E-state index contributed by atoms with van der Waals surface area (Å²) in [7, 11) is 1.76. The second kappa shape index (κ2) is 5.01. The number of carbonyl (C=O) groups excluding carboxylic acids is 1. The number of nitrogens with one attached hydrogen (secondary N) is 2. The Kier molecular flexibility index (Phi) is 3.43. The van der Waals surface area contributed by atoms with Gasteiger partial charge in [-0.2, -0.15) is 5.10 Å². The maximum Gasteiger partial charge on any atom is 0.324 e. The third-order valence-corrected chi connectivity index (χ3v) is 2.88. The summed E-state index contributed by atoms with van der Waals surface area (Å²) in [6.07, 6.45) is 1.62. The summed E-state index contributed by atoms with van der Waals surface area (Å²) < 4.78 is 2.42. The molecular weight excluding hydrogens is 284 g/mol. The van der Waals surface area contributed by atoms with Gasteiger partial charge >= 0.3 is 6.03 Å². The summed E-state index contributed by atoms with van der Waals surface area (Å²) in [4.78, 5) is 11.7. The van der Waals surface area contributed by atoms with Gasteiger partial charge in [0.05, 0.1) is 11.9 Å². The topological polar surface area (TPSA) is 59.0 Å². The summed E-state index contributed by atoms with van der Waals surface area (Å²) in [5.74, 6) is 0.634. The van der Waals surface area contributed by atoms with E-state index in [1.807, 2.05) is 24.3 Å². The van der Waals surface area contributed by atoms with Gasteiger partial charge in [-0.25, -0.2) is 4.79 Å². The predicted molar refractivity (Wildman–Crippen MR) is 70.0 cm³/mol. The molecule has 0 aliphatic rings. The zero-order valence-electron chi connectivity index (χ0n) is 9.14. The minimum absolute atomic E-state index is 0.305. The smallest absolute Gasteiger partial charge is 0.307 e. The lowest BCUT2D eigenvalue weighted by Crippen LogP contribution is -2.21. The van der Waals surface area contributed by atoms with Gasteiger partial charge in [0.15, 0.2) is 0 Å². The number of benzene rings is 1. The normalized spacial score (nSPS) is 10.0. The van der Waals surface area contributed by atoms with Crippen LogP contribution in [0.5, 0.6) is 0 Å². The van der Waals surface area contributed by atoms with Gasteiger partial charge in [0.1, 0.15) is 5.82 Å². The van der Waals surface area contributed by atoms with E-state index in [-0.39, 0.29) is 6.03 Å².